The molecule has 65 heavy (non-hydrogen) atoms. The monoisotopic (exact) mass is 922 g/mol. The van der Waals surface area contributed by atoms with Crippen molar-refractivity contribution in [3.8, 4) is 5.75 Å². The van der Waals surface area contributed by atoms with Crippen molar-refractivity contribution in [3.63, 3.8) is 0 Å². The fourth-order valence-corrected chi connectivity index (χ4v) is 13.4. The van der Waals surface area contributed by atoms with Crippen molar-refractivity contribution in [2.45, 2.75) is 99.5 Å². The molecule has 5 aliphatic heterocycles. The minimum Gasteiger partial charge on any atom is -0.496 e. The van der Waals surface area contributed by atoms with Crippen LogP contribution in [0.5, 0.6) is 5.75 Å². The molecule has 18 nitrogen and oxygen atoms in total. The van der Waals surface area contributed by atoms with Crippen LogP contribution in [0.4, 0.5) is 5.69 Å². The number of hydrogen-bond donors (Lipinski definition) is 5. The fraction of sp³-hybridized carbons (Fsp3) is 0.565. The number of esters is 3. The first kappa shape index (κ1) is 46.6. The maximum Gasteiger partial charge on any atom is 0.394 e. The standard InChI is InChI=1S/C46H56N4O10.H2O4S/c1-7-42(55)22-28-23-45(40(53)58-5,36-30(14-18-48(24-28)25-42)29-12-9-10-13-33(29)47-36)32-20-31-34(21-35(32)57-4)50(26-51)38-44(31)16-19-49-17-11-15-43(8-2,37(44)49)39(60-27(3)52)46(38,56)41(54)59-6;1-5(2,3)4/h9-13,15,20-21,26,28,37-39,47,55-56H,7-8,14,16-19,22-25H2,1-6H3;(H2,1,2,3,4)/t28-,37-,38+,39-,42-,43+,44+,45-,46+;/m1./s1. The zero-order chi connectivity index (χ0) is 47.1. The zero-order valence-corrected chi connectivity index (χ0v) is 38.2. The lowest BCUT2D eigenvalue weighted by atomic mass is 9.47. The number of piperidine rings is 1. The van der Waals surface area contributed by atoms with Crippen molar-refractivity contribution in [1.29, 1.82) is 0 Å². The number of nitrogens with zero attached hydrogens (tertiary/aromatic N) is 3. The van der Waals surface area contributed by atoms with E-state index in [0.29, 0.717) is 99.5 Å². The molecular weight excluding hydrogens is 865 g/mol. The molecule has 10 atom stereocenters. The number of amides is 1. The number of carbonyl (C=O) groups excluding carboxylic acids is 4. The van der Waals surface area contributed by atoms with Crippen LogP contribution in [0.3, 0.4) is 0 Å². The molecule has 1 unspecified atom stereocenters. The number of H-pyrrole nitrogens is 1. The second-order valence-corrected chi connectivity index (χ2v) is 19.4. The Bertz CT molecular complexity index is 2560. The van der Waals surface area contributed by atoms with Gasteiger partial charge in [-0.1, -0.05) is 44.2 Å². The van der Waals surface area contributed by atoms with Crippen molar-refractivity contribution in [2.75, 3.05) is 59.0 Å². The summed E-state index contributed by atoms with van der Waals surface area (Å²) in [4.78, 5) is 66.1. The summed E-state index contributed by atoms with van der Waals surface area (Å²) in [6, 6.07) is 9.97. The van der Waals surface area contributed by atoms with Gasteiger partial charge < -0.3 is 39.0 Å². The summed E-state index contributed by atoms with van der Waals surface area (Å²) in [5.41, 5.74) is -3.15. The number of rotatable bonds is 8. The largest absolute Gasteiger partial charge is 0.496 e. The van der Waals surface area contributed by atoms with E-state index in [1.807, 2.05) is 50.3 Å². The molecule has 3 aromatic rings. The van der Waals surface area contributed by atoms with E-state index in [0.717, 1.165) is 16.5 Å². The van der Waals surface area contributed by atoms with E-state index in [4.69, 9.17) is 36.5 Å². The van der Waals surface area contributed by atoms with Gasteiger partial charge in [0.25, 0.3) is 0 Å². The molecule has 2 saturated heterocycles. The van der Waals surface area contributed by atoms with Crippen molar-refractivity contribution in [1.82, 2.24) is 14.8 Å². The predicted molar refractivity (Wildman–Crippen MR) is 235 cm³/mol. The summed E-state index contributed by atoms with van der Waals surface area (Å²) < 4.78 is 55.3. The van der Waals surface area contributed by atoms with Crippen LogP contribution in [0.1, 0.15) is 75.3 Å². The van der Waals surface area contributed by atoms with Crippen molar-refractivity contribution >= 4 is 51.3 Å². The van der Waals surface area contributed by atoms with Crippen molar-refractivity contribution < 1.29 is 65.9 Å². The number of hydrogen-bond acceptors (Lipinski definition) is 14. The number of aromatic amines is 1. The quantitative estimate of drug-likeness (QED) is 0.0717. The van der Waals surface area contributed by atoms with Crippen LogP contribution in [0.25, 0.3) is 10.9 Å². The van der Waals surface area contributed by atoms with Gasteiger partial charge in [-0.25, -0.2) is 4.79 Å². The average molecular weight is 923 g/mol. The number of ether oxygens (including phenoxy) is 4. The van der Waals surface area contributed by atoms with E-state index in [1.54, 1.807) is 6.07 Å². The van der Waals surface area contributed by atoms with Crippen molar-refractivity contribution in [2.24, 2.45) is 11.3 Å². The Morgan fingerprint density at radius 3 is 2.29 bits per heavy atom. The summed E-state index contributed by atoms with van der Waals surface area (Å²) in [6.45, 7) is 8.16. The summed E-state index contributed by atoms with van der Waals surface area (Å²) in [5.74, 6) is -2.06. The highest BCUT2D eigenvalue weighted by atomic mass is 32.3. The number of fused-ring (bicyclic) bond motifs is 6. The lowest BCUT2D eigenvalue weighted by Crippen LogP contribution is -2.81. The highest BCUT2D eigenvalue weighted by Crippen LogP contribution is 2.68. The Balaban J connectivity index is 0.00000109. The predicted octanol–water partition coefficient (Wildman–Crippen LogP) is 2.86. The second kappa shape index (κ2) is 16.5. The average Bonchev–Trinajstić information content (AvgIpc) is 3.95. The van der Waals surface area contributed by atoms with Gasteiger partial charge in [0.15, 0.2) is 6.10 Å². The number of para-hydroxylation sites is 1. The number of methoxy groups -OCH3 is 3. The van der Waals surface area contributed by atoms with E-state index in [-0.39, 0.29) is 12.3 Å². The third-order valence-electron chi connectivity index (χ3n) is 15.5. The lowest BCUT2D eigenvalue weighted by Gasteiger charge is -2.63. The topological polar surface area (TPSA) is 246 Å². The molecule has 1 saturated carbocycles. The van der Waals surface area contributed by atoms with Gasteiger partial charge in [-0.05, 0) is 74.2 Å². The van der Waals surface area contributed by atoms with Crippen LogP contribution in [-0.4, -0.2) is 150 Å². The fourth-order valence-electron chi connectivity index (χ4n) is 13.4. The van der Waals surface area contributed by atoms with Gasteiger partial charge in [-0.15, -0.1) is 0 Å². The zero-order valence-electron chi connectivity index (χ0n) is 37.4. The van der Waals surface area contributed by atoms with Gasteiger partial charge in [0, 0.05) is 78.2 Å². The molecule has 19 heteroatoms. The summed E-state index contributed by atoms with van der Waals surface area (Å²) in [7, 11) is -0.577. The highest BCUT2D eigenvalue weighted by molar-refractivity contribution is 7.79. The van der Waals surface area contributed by atoms with Crippen molar-refractivity contribution in [3.05, 3.63) is 70.9 Å². The maximum absolute atomic E-state index is 15.3. The van der Waals surface area contributed by atoms with Gasteiger partial charge in [0.1, 0.15) is 11.2 Å². The van der Waals surface area contributed by atoms with E-state index in [2.05, 4.69) is 20.9 Å². The van der Waals surface area contributed by atoms with Crippen LogP contribution in [0.2, 0.25) is 0 Å². The third kappa shape index (κ3) is 6.90. The van der Waals surface area contributed by atoms with Crippen LogP contribution < -0.4 is 9.64 Å². The number of aliphatic hydroxyl groups is 2. The Hall–Kier alpha value is -4.89. The smallest absolute Gasteiger partial charge is 0.394 e. The van der Waals surface area contributed by atoms with Crippen LogP contribution in [0, 0.1) is 11.3 Å². The first-order valence-corrected chi connectivity index (χ1v) is 23.4. The van der Waals surface area contributed by atoms with E-state index in [9.17, 15) is 24.6 Å². The Kier molecular flexibility index (Phi) is 11.8. The number of nitrogens with one attached hydrogen (secondary N) is 1. The van der Waals surface area contributed by atoms with E-state index in [1.165, 1.54) is 33.2 Å². The Labute approximate surface area is 377 Å². The van der Waals surface area contributed by atoms with Gasteiger partial charge in [0.05, 0.1) is 38.7 Å². The summed E-state index contributed by atoms with van der Waals surface area (Å²) >= 11 is 0. The molecule has 1 aliphatic carbocycles. The molecule has 352 valence electrons. The SMILES string of the molecule is CC[C@@]1(O)C[C@H]2CN(CCc3c([nH]c4ccccc34)[C@](C(=O)OC)(c3cc4c(cc3OC)N(C=O)[C@@H]3[C@@](O)(C(=O)OC)[C@H](OC(C)=O)[C@@]5(CC)C=CCN6CC[C@@]43[C@H]65)C2)C1.O=S(=O)(O)O. The first-order valence-electron chi connectivity index (χ1n) is 22.0. The second-order valence-electron chi connectivity index (χ2n) is 18.6. The molecule has 2 aromatic carbocycles. The van der Waals surface area contributed by atoms with Gasteiger partial charge in [-0.2, -0.15) is 8.42 Å². The molecule has 0 radical (unpaired) electrons. The van der Waals surface area contributed by atoms with Crippen LogP contribution in [-0.2, 0) is 61.0 Å². The van der Waals surface area contributed by atoms with Crippen LogP contribution in [0.15, 0.2) is 48.6 Å². The van der Waals surface area contributed by atoms with Gasteiger partial charge in [-0.3, -0.25) is 33.3 Å². The molecular formula is C46H58N4O14S. The molecule has 6 aliphatic rings. The molecule has 1 aromatic heterocycles. The molecule has 3 fully saturated rings. The Morgan fingerprint density at radius 1 is 0.954 bits per heavy atom. The molecule has 5 N–H and O–H groups in total. The van der Waals surface area contributed by atoms with Gasteiger partial charge in [0.2, 0.25) is 12.0 Å². The van der Waals surface area contributed by atoms with Gasteiger partial charge >= 0.3 is 28.3 Å². The third-order valence-corrected chi connectivity index (χ3v) is 15.5. The number of benzene rings is 2. The molecule has 2 bridgehead atoms. The lowest BCUT2D eigenvalue weighted by molar-refractivity contribution is -0.228. The highest BCUT2D eigenvalue weighted by Gasteiger charge is 2.81. The molecule has 1 amide bonds. The summed E-state index contributed by atoms with van der Waals surface area (Å²) in [5, 5.41) is 26.3. The van der Waals surface area contributed by atoms with E-state index < -0.39 is 73.9 Å². The molecule has 1 spiro atoms. The number of carbonyl (C=O) groups is 4. The minimum absolute atomic E-state index is 0.155. The maximum atomic E-state index is 15.3. The first-order chi connectivity index (χ1) is 30.8. The van der Waals surface area contributed by atoms with Crippen LogP contribution >= 0.6 is 0 Å². The number of aromatic nitrogens is 1. The minimum atomic E-state index is -4.67. The molecule has 6 heterocycles. The molecule has 9 rings (SSSR count). The normalized spacial score (nSPS) is 34.6. The number of anilines is 1. The Morgan fingerprint density at radius 2 is 1.66 bits per heavy atom. The summed E-state index contributed by atoms with van der Waals surface area (Å²) in [6.07, 6.45) is 5.83. The van der Waals surface area contributed by atoms with E-state index >= 15 is 4.79 Å².